The number of rotatable bonds is 4. The summed E-state index contributed by atoms with van der Waals surface area (Å²) in [4.78, 5) is 11.5. The molecule has 0 saturated heterocycles. The Morgan fingerprint density at radius 1 is 0.964 bits per heavy atom. The van der Waals surface area contributed by atoms with Gasteiger partial charge in [-0.2, -0.15) is 0 Å². The molecule has 4 heteroatoms. The Balaban J connectivity index is 1.48. The third-order valence-electron chi connectivity index (χ3n) is 5.35. The fourth-order valence-corrected chi connectivity index (χ4v) is 3.68. The first kappa shape index (κ1) is 18.6. The minimum Gasteiger partial charge on any atom is -0.340 e. The topological polar surface area (TPSA) is 41.1 Å². The van der Waals surface area contributed by atoms with Crippen molar-refractivity contribution in [2.45, 2.75) is 45.7 Å². The number of aromatic nitrogens is 2. The van der Waals surface area contributed by atoms with Crippen LogP contribution in [-0.2, 0) is 24.9 Å². The second-order valence-electron chi connectivity index (χ2n) is 8.55. The van der Waals surface area contributed by atoms with Crippen molar-refractivity contribution < 1.29 is 0 Å². The first-order valence-electron chi connectivity index (χ1n) is 9.96. The summed E-state index contributed by atoms with van der Waals surface area (Å²) < 4.78 is 0. The van der Waals surface area contributed by atoms with Crippen LogP contribution in [0.1, 0.15) is 43.2 Å². The van der Waals surface area contributed by atoms with Gasteiger partial charge in [0.1, 0.15) is 12.1 Å². The van der Waals surface area contributed by atoms with Crippen LogP contribution in [-0.4, -0.2) is 21.4 Å². The number of nitrogens with zero attached hydrogens (tertiary/aromatic N) is 3. The maximum atomic E-state index is 4.57. The predicted molar refractivity (Wildman–Crippen MR) is 115 cm³/mol. The van der Waals surface area contributed by atoms with Crippen LogP contribution in [0.15, 0.2) is 60.9 Å². The highest BCUT2D eigenvalue weighted by Gasteiger charge is 2.21. The standard InChI is InChI=1S/C24H28N4/c1-24(2,3)19-9-11-20(12-10-19)27-23-21-13-14-28(16-22(21)25-17-26-23)15-18-7-5-4-6-8-18/h4-12,17H,13-16H2,1-3H3,(H,25,26,27). The van der Waals surface area contributed by atoms with Crippen molar-refractivity contribution in [3.63, 3.8) is 0 Å². The van der Waals surface area contributed by atoms with Crippen molar-refractivity contribution in [2.75, 3.05) is 11.9 Å². The van der Waals surface area contributed by atoms with Gasteiger partial charge < -0.3 is 5.32 Å². The smallest absolute Gasteiger partial charge is 0.137 e. The van der Waals surface area contributed by atoms with Crippen LogP contribution in [0.4, 0.5) is 11.5 Å². The molecule has 3 aromatic rings. The molecule has 4 nitrogen and oxygen atoms in total. The van der Waals surface area contributed by atoms with Crippen molar-refractivity contribution >= 4 is 11.5 Å². The Kier molecular flexibility index (Phi) is 5.14. The molecular weight excluding hydrogens is 344 g/mol. The number of nitrogens with one attached hydrogen (secondary N) is 1. The first-order valence-corrected chi connectivity index (χ1v) is 9.96. The van der Waals surface area contributed by atoms with Crippen LogP contribution < -0.4 is 5.32 Å². The molecule has 4 rings (SSSR count). The van der Waals surface area contributed by atoms with Gasteiger partial charge in [0, 0.05) is 30.9 Å². The van der Waals surface area contributed by atoms with Crippen LogP contribution in [0.3, 0.4) is 0 Å². The molecule has 1 N–H and O–H groups in total. The summed E-state index contributed by atoms with van der Waals surface area (Å²) in [6.45, 7) is 9.55. The van der Waals surface area contributed by atoms with Gasteiger partial charge in [-0.05, 0) is 35.1 Å². The third-order valence-corrected chi connectivity index (χ3v) is 5.35. The first-order chi connectivity index (χ1) is 13.5. The molecule has 0 amide bonds. The Labute approximate surface area is 167 Å². The highest BCUT2D eigenvalue weighted by molar-refractivity contribution is 5.60. The third kappa shape index (κ3) is 4.23. The molecule has 0 bridgehead atoms. The van der Waals surface area contributed by atoms with Crippen LogP contribution >= 0.6 is 0 Å². The van der Waals surface area contributed by atoms with Crippen molar-refractivity contribution in [3.8, 4) is 0 Å². The van der Waals surface area contributed by atoms with Crippen molar-refractivity contribution in [1.82, 2.24) is 14.9 Å². The minimum absolute atomic E-state index is 0.162. The van der Waals surface area contributed by atoms with E-state index >= 15 is 0 Å². The molecule has 0 aliphatic carbocycles. The Hall–Kier alpha value is -2.72. The van der Waals surface area contributed by atoms with Gasteiger partial charge in [0.2, 0.25) is 0 Å². The van der Waals surface area contributed by atoms with Gasteiger partial charge in [-0.3, -0.25) is 4.90 Å². The number of hydrogen-bond donors (Lipinski definition) is 1. The summed E-state index contributed by atoms with van der Waals surface area (Å²) in [5.74, 6) is 0.938. The zero-order chi connectivity index (χ0) is 19.6. The van der Waals surface area contributed by atoms with Crippen LogP contribution in [0, 0.1) is 0 Å². The molecule has 0 atom stereocenters. The van der Waals surface area contributed by atoms with Crippen LogP contribution in [0.25, 0.3) is 0 Å². The van der Waals surface area contributed by atoms with Gasteiger partial charge in [-0.15, -0.1) is 0 Å². The van der Waals surface area contributed by atoms with E-state index in [1.807, 2.05) is 0 Å². The van der Waals surface area contributed by atoms with Gasteiger partial charge in [-0.25, -0.2) is 9.97 Å². The van der Waals surface area contributed by atoms with E-state index in [4.69, 9.17) is 0 Å². The lowest BCUT2D eigenvalue weighted by molar-refractivity contribution is 0.241. The predicted octanol–water partition coefficient (Wildman–Crippen LogP) is 5.08. The van der Waals surface area contributed by atoms with E-state index in [1.54, 1.807) is 6.33 Å². The second-order valence-corrected chi connectivity index (χ2v) is 8.55. The molecule has 0 radical (unpaired) electrons. The van der Waals surface area contributed by atoms with Crippen LogP contribution in [0.2, 0.25) is 0 Å². The average molecular weight is 373 g/mol. The van der Waals surface area contributed by atoms with E-state index in [0.717, 1.165) is 43.3 Å². The molecule has 144 valence electrons. The minimum atomic E-state index is 0.162. The number of hydrogen-bond acceptors (Lipinski definition) is 4. The second kappa shape index (κ2) is 7.72. The molecule has 1 aliphatic rings. The van der Waals surface area contributed by atoms with Crippen molar-refractivity contribution in [2.24, 2.45) is 0 Å². The SMILES string of the molecule is CC(C)(C)c1ccc(Nc2ncnc3c2CCN(Cc2ccccc2)C3)cc1. The Bertz CT molecular complexity index is 927. The molecule has 1 aromatic heterocycles. The average Bonchev–Trinajstić information content (AvgIpc) is 2.69. The molecule has 1 aliphatic heterocycles. The molecule has 2 heterocycles. The number of fused-ring (bicyclic) bond motifs is 1. The molecule has 0 unspecified atom stereocenters. The zero-order valence-corrected chi connectivity index (χ0v) is 16.9. The van der Waals surface area contributed by atoms with Crippen LogP contribution in [0.5, 0.6) is 0 Å². The normalized spacial score (nSPS) is 14.5. The Morgan fingerprint density at radius 2 is 1.71 bits per heavy atom. The summed E-state index contributed by atoms with van der Waals surface area (Å²) in [6.07, 6.45) is 2.64. The number of benzene rings is 2. The maximum Gasteiger partial charge on any atom is 0.137 e. The van der Waals surface area contributed by atoms with Crippen molar-refractivity contribution in [1.29, 1.82) is 0 Å². The van der Waals surface area contributed by atoms with Gasteiger partial charge >= 0.3 is 0 Å². The zero-order valence-electron chi connectivity index (χ0n) is 16.9. The summed E-state index contributed by atoms with van der Waals surface area (Å²) in [6, 6.07) is 19.3. The highest BCUT2D eigenvalue weighted by atomic mass is 15.1. The lowest BCUT2D eigenvalue weighted by Crippen LogP contribution is -2.31. The summed E-state index contributed by atoms with van der Waals surface area (Å²) in [5, 5.41) is 3.51. The molecule has 0 saturated carbocycles. The monoisotopic (exact) mass is 372 g/mol. The Morgan fingerprint density at radius 3 is 2.43 bits per heavy atom. The van der Waals surface area contributed by atoms with Gasteiger partial charge in [0.25, 0.3) is 0 Å². The molecular formula is C24H28N4. The van der Waals surface area contributed by atoms with E-state index < -0.39 is 0 Å². The van der Waals surface area contributed by atoms with E-state index in [0.29, 0.717) is 0 Å². The lowest BCUT2D eigenvalue weighted by Gasteiger charge is -2.29. The number of anilines is 2. The quantitative estimate of drug-likeness (QED) is 0.694. The largest absolute Gasteiger partial charge is 0.340 e. The summed E-state index contributed by atoms with van der Waals surface area (Å²) >= 11 is 0. The van der Waals surface area contributed by atoms with E-state index in [1.165, 1.54) is 16.7 Å². The van der Waals surface area contributed by atoms with E-state index in [2.05, 4.69) is 95.6 Å². The van der Waals surface area contributed by atoms with Gasteiger partial charge in [-0.1, -0.05) is 63.2 Å². The van der Waals surface area contributed by atoms with Gasteiger partial charge in [0.15, 0.2) is 0 Å². The lowest BCUT2D eigenvalue weighted by atomic mass is 9.87. The summed E-state index contributed by atoms with van der Waals surface area (Å²) in [5.41, 5.74) is 6.28. The van der Waals surface area contributed by atoms with E-state index in [9.17, 15) is 0 Å². The molecule has 28 heavy (non-hydrogen) atoms. The van der Waals surface area contributed by atoms with Gasteiger partial charge in [0.05, 0.1) is 5.69 Å². The van der Waals surface area contributed by atoms with E-state index in [-0.39, 0.29) is 5.41 Å². The molecule has 0 fully saturated rings. The molecule has 2 aromatic carbocycles. The highest BCUT2D eigenvalue weighted by Crippen LogP contribution is 2.28. The molecule has 0 spiro atoms. The maximum absolute atomic E-state index is 4.57. The van der Waals surface area contributed by atoms with Crippen molar-refractivity contribution in [3.05, 3.63) is 83.3 Å². The fourth-order valence-electron chi connectivity index (χ4n) is 3.68. The fraction of sp³-hybridized carbons (Fsp3) is 0.333. The summed E-state index contributed by atoms with van der Waals surface area (Å²) in [7, 11) is 0.